The summed E-state index contributed by atoms with van der Waals surface area (Å²) >= 11 is 0. The summed E-state index contributed by atoms with van der Waals surface area (Å²) in [6.07, 6.45) is 6.87. The van der Waals surface area contributed by atoms with Crippen LogP contribution in [0.5, 0.6) is 0 Å². The lowest BCUT2D eigenvalue weighted by molar-refractivity contribution is 0.584. The number of rotatable bonds is 11. The Bertz CT molecular complexity index is 2840. The molecular formula is C57H56BN3O. The summed E-state index contributed by atoms with van der Waals surface area (Å²) in [6.45, 7) is 13.5. The van der Waals surface area contributed by atoms with Crippen molar-refractivity contribution in [2.75, 3.05) is 14.7 Å². The number of hydrogen-bond donors (Lipinski definition) is 0. The number of unbranched alkanes of at least 4 members (excludes halogenated alkanes) is 2. The van der Waals surface area contributed by atoms with Crippen LogP contribution in [-0.4, -0.2) is 6.71 Å². The van der Waals surface area contributed by atoms with E-state index in [1.54, 1.807) is 0 Å². The van der Waals surface area contributed by atoms with Crippen LogP contribution in [0.25, 0.3) is 11.0 Å². The van der Waals surface area contributed by atoms with Gasteiger partial charge >= 0.3 is 0 Å². The fourth-order valence-electron chi connectivity index (χ4n) is 9.74. The van der Waals surface area contributed by atoms with Gasteiger partial charge in [0, 0.05) is 50.7 Å². The van der Waals surface area contributed by atoms with E-state index in [0.717, 1.165) is 58.4 Å². The summed E-state index contributed by atoms with van der Waals surface area (Å²) in [5, 5.41) is 1.17. The van der Waals surface area contributed by atoms with Crippen molar-refractivity contribution in [3.8, 4) is 0 Å². The van der Waals surface area contributed by atoms with E-state index in [1.807, 2.05) is 0 Å². The van der Waals surface area contributed by atoms with Gasteiger partial charge in [-0.15, -0.1) is 0 Å². The average Bonchev–Trinajstić information content (AvgIpc) is 3.67. The van der Waals surface area contributed by atoms with Crippen LogP contribution >= 0.6 is 0 Å². The first kappa shape index (κ1) is 39.7. The van der Waals surface area contributed by atoms with E-state index in [4.69, 9.17) is 4.42 Å². The molecule has 8 aromatic rings. The standard InChI is InChI=1S/C57H56BN3O/c1-7-9-17-40-24-29-45(30-25-40)60-50-34-23-39(3)35-49(50)58-54-48-33-28-42(57(4,5)6)36-53(48)62-56(54)61(46-31-26-41(27-32-46)18-10-8-2)52-38-47(37-51(60)55(52)58)59(43-19-13-11-14-20-43)44-21-15-12-16-22-44/h11-16,19-38H,7-10,17-18H2,1-6H3. The molecule has 0 saturated heterocycles. The molecule has 7 aromatic carbocycles. The smallest absolute Gasteiger partial charge is 0.257 e. The zero-order valence-corrected chi connectivity index (χ0v) is 37.1. The van der Waals surface area contributed by atoms with Crippen LogP contribution in [-0.2, 0) is 18.3 Å². The normalized spacial score (nSPS) is 13.0. The molecule has 2 aliphatic rings. The Morgan fingerprint density at radius 1 is 0.548 bits per heavy atom. The summed E-state index contributed by atoms with van der Waals surface area (Å²) in [5.41, 5.74) is 19.0. The third kappa shape index (κ3) is 6.98. The monoisotopic (exact) mass is 809 g/mol. The molecule has 4 nitrogen and oxygen atoms in total. The maximum atomic E-state index is 7.31. The lowest BCUT2D eigenvalue weighted by Crippen LogP contribution is -2.61. The molecule has 0 bridgehead atoms. The first-order valence-electron chi connectivity index (χ1n) is 22.8. The highest BCUT2D eigenvalue weighted by Gasteiger charge is 2.47. The number of aryl methyl sites for hydroxylation is 3. The summed E-state index contributed by atoms with van der Waals surface area (Å²) in [7, 11) is 0. The number of para-hydroxylation sites is 2. The first-order valence-corrected chi connectivity index (χ1v) is 22.8. The van der Waals surface area contributed by atoms with Gasteiger partial charge in [0.2, 0.25) is 5.88 Å². The molecule has 0 aliphatic carbocycles. The molecule has 0 atom stereocenters. The van der Waals surface area contributed by atoms with Gasteiger partial charge in [-0.2, -0.15) is 0 Å². The van der Waals surface area contributed by atoms with Crippen LogP contribution in [0.1, 0.15) is 82.6 Å². The highest BCUT2D eigenvalue weighted by Crippen LogP contribution is 2.49. The van der Waals surface area contributed by atoms with Gasteiger partial charge in [0.05, 0.1) is 5.69 Å². The van der Waals surface area contributed by atoms with Gasteiger partial charge in [-0.25, -0.2) is 0 Å². The molecular weight excluding hydrogens is 753 g/mol. The van der Waals surface area contributed by atoms with Gasteiger partial charge in [0.1, 0.15) is 5.58 Å². The molecule has 0 unspecified atom stereocenters. The van der Waals surface area contributed by atoms with Gasteiger partial charge in [-0.3, -0.25) is 4.90 Å². The number of nitrogens with zero attached hydrogens (tertiary/aromatic N) is 3. The highest BCUT2D eigenvalue weighted by molar-refractivity contribution is 7.01. The maximum absolute atomic E-state index is 7.31. The molecule has 308 valence electrons. The Balaban J connectivity index is 1.31. The molecule has 0 radical (unpaired) electrons. The minimum absolute atomic E-state index is 0.0278. The van der Waals surface area contributed by atoms with E-state index >= 15 is 0 Å². The van der Waals surface area contributed by atoms with E-state index in [0.29, 0.717) is 0 Å². The van der Waals surface area contributed by atoms with Crippen LogP contribution < -0.4 is 31.1 Å². The van der Waals surface area contributed by atoms with Gasteiger partial charge in [-0.05, 0) is 138 Å². The van der Waals surface area contributed by atoms with Crippen LogP contribution in [0.2, 0.25) is 0 Å². The second kappa shape index (κ2) is 16.1. The quantitative estimate of drug-likeness (QED) is 0.121. The molecule has 62 heavy (non-hydrogen) atoms. The van der Waals surface area contributed by atoms with E-state index in [-0.39, 0.29) is 12.1 Å². The van der Waals surface area contributed by atoms with Crippen molar-refractivity contribution in [2.45, 2.75) is 85.5 Å². The van der Waals surface area contributed by atoms with E-state index in [1.165, 1.54) is 81.1 Å². The van der Waals surface area contributed by atoms with Crippen LogP contribution in [0.15, 0.2) is 162 Å². The van der Waals surface area contributed by atoms with Gasteiger partial charge < -0.3 is 14.2 Å². The van der Waals surface area contributed by atoms with Crippen LogP contribution in [0, 0.1) is 6.92 Å². The Morgan fingerprint density at radius 2 is 1.11 bits per heavy atom. The number of fused-ring (bicyclic) bond motifs is 6. The molecule has 0 N–H and O–H groups in total. The fraction of sp³-hybridized carbons (Fsp3) is 0.228. The van der Waals surface area contributed by atoms with Crippen molar-refractivity contribution in [2.24, 2.45) is 0 Å². The largest absolute Gasteiger partial charge is 0.440 e. The van der Waals surface area contributed by atoms with Crippen molar-refractivity contribution in [3.63, 3.8) is 0 Å². The summed E-state index contributed by atoms with van der Waals surface area (Å²) in [5.74, 6) is 0.889. The number of hydrogen-bond acceptors (Lipinski definition) is 4. The molecule has 0 spiro atoms. The molecule has 1 aromatic heterocycles. The fourth-order valence-corrected chi connectivity index (χ4v) is 9.74. The van der Waals surface area contributed by atoms with E-state index in [9.17, 15) is 0 Å². The third-order valence-corrected chi connectivity index (χ3v) is 13.0. The van der Waals surface area contributed by atoms with Crippen molar-refractivity contribution >= 4 is 85.5 Å². The molecule has 5 heteroatoms. The highest BCUT2D eigenvalue weighted by atomic mass is 16.4. The Morgan fingerprint density at radius 3 is 1.68 bits per heavy atom. The number of benzene rings is 7. The predicted octanol–water partition coefficient (Wildman–Crippen LogP) is 14.3. The van der Waals surface area contributed by atoms with Crippen LogP contribution in [0.3, 0.4) is 0 Å². The molecule has 0 amide bonds. The Hall–Kier alpha value is -6.46. The molecule has 0 saturated carbocycles. The zero-order chi connectivity index (χ0) is 42.5. The van der Waals surface area contributed by atoms with Crippen molar-refractivity contribution in [1.29, 1.82) is 0 Å². The second-order valence-electron chi connectivity index (χ2n) is 18.4. The van der Waals surface area contributed by atoms with Crippen molar-refractivity contribution < 1.29 is 4.42 Å². The Kier molecular flexibility index (Phi) is 10.3. The zero-order valence-electron chi connectivity index (χ0n) is 37.1. The second-order valence-corrected chi connectivity index (χ2v) is 18.4. The number of anilines is 9. The van der Waals surface area contributed by atoms with Gasteiger partial charge in [0.15, 0.2) is 0 Å². The van der Waals surface area contributed by atoms with Gasteiger partial charge in [-0.1, -0.05) is 138 Å². The minimum Gasteiger partial charge on any atom is -0.440 e. The van der Waals surface area contributed by atoms with E-state index < -0.39 is 0 Å². The molecule has 3 heterocycles. The van der Waals surface area contributed by atoms with Crippen molar-refractivity contribution in [3.05, 3.63) is 180 Å². The predicted molar refractivity (Wildman–Crippen MR) is 266 cm³/mol. The molecule has 10 rings (SSSR count). The SMILES string of the molecule is CCCCc1ccc(N2c3ccc(C)cc3B3c4c2cc(N(c2ccccc2)c2ccccc2)cc4N(c2ccc(CCCC)cc2)c2oc4cc(C(C)(C)C)ccc4c23)cc1. The summed E-state index contributed by atoms with van der Waals surface area (Å²) in [4.78, 5) is 7.36. The lowest BCUT2D eigenvalue weighted by atomic mass is 9.33. The summed E-state index contributed by atoms with van der Waals surface area (Å²) < 4.78 is 7.31. The molecule has 2 aliphatic heterocycles. The summed E-state index contributed by atoms with van der Waals surface area (Å²) in [6, 6.07) is 59.0. The number of furan rings is 1. The van der Waals surface area contributed by atoms with E-state index in [2.05, 4.69) is 214 Å². The average molecular weight is 810 g/mol. The minimum atomic E-state index is -0.0669. The van der Waals surface area contributed by atoms with Crippen LogP contribution in [0.4, 0.5) is 51.4 Å². The lowest BCUT2D eigenvalue weighted by Gasteiger charge is -2.43. The topological polar surface area (TPSA) is 22.9 Å². The maximum Gasteiger partial charge on any atom is 0.257 e. The Labute approximate surface area is 368 Å². The first-order chi connectivity index (χ1) is 30.2. The van der Waals surface area contributed by atoms with Gasteiger partial charge in [0.25, 0.3) is 6.71 Å². The third-order valence-electron chi connectivity index (χ3n) is 13.0. The van der Waals surface area contributed by atoms with Crippen molar-refractivity contribution in [1.82, 2.24) is 0 Å². The molecule has 0 fully saturated rings.